The van der Waals surface area contributed by atoms with Crippen molar-refractivity contribution < 1.29 is 46.7 Å². The zero-order valence-corrected chi connectivity index (χ0v) is 29.2. The van der Waals surface area contributed by atoms with Crippen LogP contribution in [0.4, 0.5) is 0 Å². The van der Waals surface area contributed by atoms with Crippen molar-refractivity contribution in [2.75, 3.05) is 35.0 Å². The van der Waals surface area contributed by atoms with Crippen molar-refractivity contribution in [3.05, 3.63) is 131 Å². The summed E-state index contributed by atoms with van der Waals surface area (Å²) in [6, 6.07) is 35.4. The molecule has 1 aliphatic rings. The second-order valence-corrected chi connectivity index (χ2v) is 12.6. The third-order valence-electron chi connectivity index (χ3n) is 7.96. The normalized spacial score (nSPS) is 20.7. The molecule has 49 heavy (non-hydrogen) atoms. The molecule has 4 aromatic rings. The van der Waals surface area contributed by atoms with Crippen LogP contribution in [0.15, 0.2) is 109 Å². The molecule has 0 saturated carbocycles. The van der Waals surface area contributed by atoms with Crippen molar-refractivity contribution in [3.8, 4) is 11.5 Å². The molecule has 0 radical (unpaired) electrons. The highest BCUT2D eigenvalue weighted by Gasteiger charge is 2.50. The lowest BCUT2D eigenvalue weighted by atomic mass is 9.98. The van der Waals surface area contributed by atoms with Crippen molar-refractivity contribution >= 4 is 8.60 Å². The lowest BCUT2D eigenvalue weighted by Crippen LogP contribution is -2.61. The lowest BCUT2D eigenvalue weighted by molar-refractivity contribution is -0.311. The van der Waals surface area contributed by atoms with E-state index in [9.17, 15) is 0 Å². The van der Waals surface area contributed by atoms with E-state index < -0.39 is 39.3 Å². The van der Waals surface area contributed by atoms with Gasteiger partial charge in [0.05, 0.1) is 47.3 Å². The maximum Gasteiger partial charge on any atom is 0.334 e. The molecule has 11 heteroatoms. The summed E-state index contributed by atoms with van der Waals surface area (Å²) in [4.78, 5) is 0. The number of methoxy groups -OCH3 is 2. The average molecular weight is 693 g/mol. The Bertz CT molecular complexity index is 1470. The number of hydrogen-bond donors (Lipinski definition) is 0. The van der Waals surface area contributed by atoms with Crippen molar-refractivity contribution in [2.45, 2.75) is 57.1 Å². The molecular formula is C38H45O10P. The zero-order chi connectivity index (χ0) is 34.3. The first kappa shape index (κ1) is 36.9. The van der Waals surface area contributed by atoms with Gasteiger partial charge in [-0.2, -0.15) is 0 Å². The zero-order valence-electron chi connectivity index (χ0n) is 28.3. The highest BCUT2D eigenvalue weighted by molar-refractivity contribution is 7.41. The molecule has 0 amide bonds. The highest BCUT2D eigenvalue weighted by atomic mass is 31.2. The van der Waals surface area contributed by atoms with E-state index >= 15 is 0 Å². The van der Waals surface area contributed by atoms with Gasteiger partial charge in [-0.25, -0.2) is 0 Å². The molecule has 0 spiro atoms. The van der Waals surface area contributed by atoms with Crippen molar-refractivity contribution in [2.24, 2.45) is 0 Å². The summed E-state index contributed by atoms with van der Waals surface area (Å²) in [7, 11) is 4.58. The predicted octanol–water partition coefficient (Wildman–Crippen LogP) is 7.24. The van der Waals surface area contributed by atoms with Crippen molar-refractivity contribution in [1.29, 1.82) is 0 Å². The Morgan fingerprint density at radius 3 is 1.45 bits per heavy atom. The Balaban J connectivity index is 1.46. The fraction of sp³-hybridized carbons (Fsp3) is 0.368. The third kappa shape index (κ3) is 11.0. The monoisotopic (exact) mass is 692 g/mol. The fourth-order valence-electron chi connectivity index (χ4n) is 5.37. The summed E-state index contributed by atoms with van der Waals surface area (Å²) in [5.41, 5.74) is 3.94. The first-order chi connectivity index (χ1) is 24.1. The summed E-state index contributed by atoms with van der Waals surface area (Å²) in [6.45, 7) is 1.44. The van der Waals surface area contributed by atoms with Crippen LogP contribution in [0.1, 0.15) is 22.3 Å². The van der Waals surface area contributed by atoms with Gasteiger partial charge >= 0.3 is 8.60 Å². The second-order valence-electron chi connectivity index (χ2n) is 11.2. The van der Waals surface area contributed by atoms with E-state index in [1.807, 2.05) is 109 Å². The minimum Gasteiger partial charge on any atom is -0.497 e. The molecule has 0 N–H and O–H groups in total. The smallest absolute Gasteiger partial charge is 0.334 e. The van der Waals surface area contributed by atoms with Crippen molar-refractivity contribution in [3.63, 3.8) is 0 Å². The molecule has 5 rings (SSSR count). The van der Waals surface area contributed by atoms with E-state index in [4.69, 9.17) is 46.7 Å². The fourth-order valence-corrected chi connectivity index (χ4v) is 6.03. The van der Waals surface area contributed by atoms with Crippen LogP contribution in [0.2, 0.25) is 0 Å². The van der Waals surface area contributed by atoms with Crippen LogP contribution in [0.25, 0.3) is 0 Å². The largest absolute Gasteiger partial charge is 0.497 e. The van der Waals surface area contributed by atoms with Crippen LogP contribution in [0.3, 0.4) is 0 Å². The minimum absolute atomic E-state index is 0.202. The molecule has 10 nitrogen and oxygen atoms in total. The van der Waals surface area contributed by atoms with Gasteiger partial charge in [0.15, 0.2) is 6.29 Å². The maximum absolute atomic E-state index is 6.75. The second kappa shape index (κ2) is 19.7. The summed E-state index contributed by atoms with van der Waals surface area (Å²) in [5, 5.41) is 0. The van der Waals surface area contributed by atoms with E-state index in [1.165, 1.54) is 14.2 Å². The quantitative estimate of drug-likeness (QED) is 0.0937. The van der Waals surface area contributed by atoms with Crippen LogP contribution in [-0.4, -0.2) is 65.8 Å². The molecule has 262 valence electrons. The number of rotatable bonds is 19. The molecule has 5 atom stereocenters. The van der Waals surface area contributed by atoms with Gasteiger partial charge < -0.3 is 42.2 Å². The van der Waals surface area contributed by atoms with Crippen LogP contribution in [0.5, 0.6) is 11.5 Å². The van der Waals surface area contributed by atoms with Crippen LogP contribution in [0, 0.1) is 0 Å². The first-order valence-electron chi connectivity index (χ1n) is 16.1. The van der Waals surface area contributed by atoms with Gasteiger partial charge in [-0.1, -0.05) is 84.9 Å². The molecule has 0 aliphatic carbocycles. The van der Waals surface area contributed by atoms with Gasteiger partial charge in [0.25, 0.3) is 0 Å². The van der Waals surface area contributed by atoms with Crippen molar-refractivity contribution in [1.82, 2.24) is 0 Å². The van der Waals surface area contributed by atoms with Crippen LogP contribution >= 0.6 is 8.60 Å². The molecule has 1 unspecified atom stereocenters. The van der Waals surface area contributed by atoms with E-state index in [1.54, 1.807) is 14.2 Å². The SMILES string of the molecule is COc1ccc(CO[C@H]2[C@H](OCc3ccc(OC)cc3)[C@@H](OCc3ccccc3)C(OP(OC)OC)O[C@@H]2COCc2ccccc2)cc1. The topological polar surface area (TPSA) is 92.3 Å². The number of benzene rings is 4. The summed E-state index contributed by atoms with van der Waals surface area (Å²) in [5.74, 6) is 1.52. The third-order valence-corrected chi connectivity index (χ3v) is 8.94. The molecule has 1 heterocycles. The molecule has 1 saturated heterocycles. The molecule has 4 aromatic carbocycles. The Labute approximate surface area is 290 Å². The highest BCUT2D eigenvalue weighted by Crippen LogP contribution is 2.43. The standard InChI is InChI=1S/C38H45O10P/c1-39-32-19-15-30(16-20-32)25-44-35-34(27-43-23-28-11-7-5-8-12-28)47-38(48-49(41-3)42-4)37(46-24-29-13-9-6-10-14-29)36(35)45-26-31-17-21-33(40-2)22-18-31/h5-22,34-38H,23-27H2,1-4H3/t34-,35-,36+,37-,38?/m1/s1. The molecule has 0 aromatic heterocycles. The Hall–Kier alpha value is -3.41. The van der Waals surface area contributed by atoms with E-state index in [-0.39, 0.29) is 26.4 Å². The molecular weight excluding hydrogens is 647 g/mol. The van der Waals surface area contributed by atoms with Crippen LogP contribution in [-0.2, 0) is 63.7 Å². The van der Waals surface area contributed by atoms with Gasteiger partial charge in [0.1, 0.15) is 35.9 Å². The van der Waals surface area contributed by atoms with E-state index in [2.05, 4.69) is 0 Å². The Morgan fingerprint density at radius 1 is 0.510 bits per heavy atom. The van der Waals surface area contributed by atoms with Gasteiger partial charge in [-0.05, 0) is 46.5 Å². The predicted molar refractivity (Wildman–Crippen MR) is 185 cm³/mol. The minimum atomic E-state index is -1.75. The summed E-state index contributed by atoms with van der Waals surface area (Å²) < 4.78 is 60.9. The molecule has 1 aliphatic heterocycles. The summed E-state index contributed by atoms with van der Waals surface area (Å²) in [6.07, 6.45) is -3.54. The van der Waals surface area contributed by atoms with Gasteiger partial charge in [0, 0.05) is 14.2 Å². The van der Waals surface area contributed by atoms with E-state index in [0.29, 0.717) is 6.61 Å². The average Bonchev–Trinajstić information content (AvgIpc) is 3.16. The van der Waals surface area contributed by atoms with Gasteiger partial charge in [-0.3, -0.25) is 4.52 Å². The Morgan fingerprint density at radius 2 is 0.959 bits per heavy atom. The van der Waals surface area contributed by atoms with E-state index in [0.717, 1.165) is 33.8 Å². The van der Waals surface area contributed by atoms with Crippen LogP contribution < -0.4 is 9.47 Å². The molecule has 1 fully saturated rings. The maximum atomic E-state index is 6.75. The molecule has 0 bridgehead atoms. The Kier molecular flexibility index (Phi) is 14.8. The number of ether oxygens (including phenoxy) is 7. The number of hydrogen-bond acceptors (Lipinski definition) is 10. The first-order valence-corrected chi connectivity index (χ1v) is 17.2. The van der Waals surface area contributed by atoms with Gasteiger partial charge in [-0.15, -0.1) is 0 Å². The summed E-state index contributed by atoms with van der Waals surface area (Å²) >= 11 is 0. The van der Waals surface area contributed by atoms with Gasteiger partial charge in [0.2, 0.25) is 0 Å². The lowest BCUT2D eigenvalue weighted by Gasteiger charge is -2.46.